The van der Waals surface area contributed by atoms with Gasteiger partial charge < -0.3 is 10.2 Å². The van der Waals surface area contributed by atoms with Gasteiger partial charge in [0.1, 0.15) is 5.76 Å². The van der Waals surface area contributed by atoms with Crippen LogP contribution in [0.5, 0.6) is 0 Å². The van der Waals surface area contributed by atoms with Crippen LogP contribution < -0.4 is 5.73 Å². The van der Waals surface area contributed by atoms with Crippen LogP contribution in [0.15, 0.2) is 36.5 Å². The van der Waals surface area contributed by atoms with E-state index in [0.29, 0.717) is 6.54 Å². The molecule has 1 unspecified atom stereocenters. The molecule has 0 aliphatic rings. The molecule has 0 aliphatic carbocycles. The van der Waals surface area contributed by atoms with E-state index in [1.165, 1.54) is 5.56 Å². The van der Waals surface area contributed by atoms with E-state index < -0.39 is 0 Å². The molecule has 3 nitrogen and oxygen atoms in total. The van der Waals surface area contributed by atoms with Crippen LogP contribution in [0.3, 0.4) is 0 Å². The van der Waals surface area contributed by atoms with Gasteiger partial charge in [-0.1, -0.05) is 0 Å². The van der Waals surface area contributed by atoms with Crippen molar-refractivity contribution in [3.05, 3.63) is 43.4 Å². The first-order chi connectivity index (χ1) is 8.61. The summed E-state index contributed by atoms with van der Waals surface area (Å²) in [5.74, 6) is 0.884. The lowest BCUT2D eigenvalue weighted by molar-refractivity contribution is 0.212. The Morgan fingerprint density at radius 2 is 2.28 bits per heavy atom. The van der Waals surface area contributed by atoms with Crippen LogP contribution in [0.25, 0.3) is 0 Å². The molecule has 0 aliphatic heterocycles. The smallest absolute Gasteiger partial charge is 0.136 e. The predicted octanol–water partition coefficient (Wildman–Crippen LogP) is 4.00. The van der Waals surface area contributed by atoms with Gasteiger partial charge in [-0.3, -0.25) is 4.90 Å². The van der Waals surface area contributed by atoms with E-state index in [4.69, 9.17) is 10.2 Å². The maximum atomic E-state index is 5.86. The van der Waals surface area contributed by atoms with Crippen molar-refractivity contribution >= 4 is 43.2 Å². The van der Waals surface area contributed by atoms with Crippen molar-refractivity contribution in [2.45, 2.75) is 12.6 Å². The van der Waals surface area contributed by atoms with Crippen molar-refractivity contribution in [2.24, 2.45) is 5.73 Å². The molecule has 0 spiro atoms. The Morgan fingerprint density at radius 1 is 1.50 bits per heavy atom. The topological polar surface area (TPSA) is 42.4 Å². The highest BCUT2D eigenvalue weighted by atomic mass is 79.9. The minimum absolute atomic E-state index is 0.0769. The lowest BCUT2D eigenvalue weighted by Crippen LogP contribution is -2.30. The van der Waals surface area contributed by atoms with E-state index in [1.807, 2.05) is 6.07 Å². The molecule has 0 saturated heterocycles. The second kappa shape index (κ2) is 6.34. The maximum Gasteiger partial charge on any atom is 0.136 e. The Labute approximate surface area is 127 Å². The zero-order valence-electron chi connectivity index (χ0n) is 9.90. The van der Waals surface area contributed by atoms with Gasteiger partial charge in [0.2, 0.25) is 0 Å². The number of rotatable bonds is 5. The number of furan rings is 1. The Morgan fingerprint density at radius 3 is 2.78 bits per heavy atom. The zero-order chi connectivity index (χ0) is 13.1. The van der Waals surface area contributed by atoms with E-state index in [9.17, 15) is 0 Å². The van der Waals surface area contributed by atoms with E-state index in [2.05, 4.69) is 55.3 Å². The minimum atomic E-state index is 0.0769. The highest BCUT2D eigenvalue weighted by molar-refractivity contribution is 9.11. The molecule has 0 amide bonds. The predicted molar refractivity (Wildman–Crippen MR) is 81.7 cm³/mol. The first-order valence-electron chi connectivity index (χ1n) is 5.48. The molecule has 0 bridgehead atoms. The fourth-order valence-corrected chi connectivity index (χ4v) is 3.52. The molecular formula is C12H14Br2N2OS. The number of nitrogens with two attached hydrogens (primary N) is 1. The van der Waals surface area contributed by atoms with Gasteiger partial charge in [0.25, 0.3) is 0 Å². The molecule has 2 aromatic rings. The normalized spacial score (nSPS) is 13.2. The highest BCUT2D eigenvalue weighted by Gasteiger charge is 2.21. The summed E-state index contributed by atoms with van der Waals surface area (Å²) in [7, 11) is 2.05. The van der Waals surface area contributed by atoms with Gasteiger partial charge in [0.15, 0.2) is 0 Å². The first-order valence-corrected chi connectivity index (χ1v) is 7.94. The number of hydrogen-bond acceptors (Lipinski definition) is 4. The van der Waals surface area contributed by atoms with Gasteiger partial charge >= 0.3 is 0 Å². The van der Waals surface area contributed by atoms with Crippen LogP contribution >= 0.6 is 43.2 Å². The lowest BCUT2D eigenvalue weighted by atomic mass is 10.2. The molecule has 0 aromatic carbocycles. The summed E-state index contributed by atoms with van der Waals surface area (Å²) >= 11 is 8.65. The monoisotopic (exact) mass is 392 g/mol. The molecule has 98 valence electrons. The summed E-state index contributed by atoms with van der Waals surface area (Å²) in [6.07, 6.45) is 1.68. The van der Waals surface area contributed by atoms with Crippen LogP contribution in [-0.4, -0.2) is 18.5 Å². The quantitative estimate of drug-likeness (QED) is 0.834. The molecular weight excluding hydrogens is 380 g/mol. The van der Waals surface area contributed by atoms with Gasteiger partial charge in [-0.2, -0.15) is 0 Å². The third-order valence-electron chi connectivity index (χ3n) is 2.76. The third-order valence-corrected chi connectivity index (χ3v) is 4.96. The Hall–Kier alpha value is -0.140. The van der Waals surface area contributed by atoms with Crippen LogP contribution in [-0.2, 0) is 6.54 Å². The maximum absolute atomic E-state index is 5.86. The van der Waals surface area contributed by atoms with Crippen molar-refractivity contribution in [3.63, 3.8) is 0 Å². The molecule has 2 rings (SSSR count). The van der Waals surface area contributed by atoms with E-state index in [-0.39, 0.29) is 6.04 Å². The Kier molecular flexibility index (Phi) is 5.03. The second-order valence-corrected chi connectivity index (χ2v) is 7.20. The standard InChI is InChI=1S/C12H14Br2N2OS/c1-16(6-8-4-11(14)18-7-8)10(5-15)12-9(13)2-3-17-12/h2-4,7,10H,5-6,15H2,1H3. The van der Waals surface area contributed by atoms with Gasteiger partial charge in [-0.25, -0.2) is 0 Å². The Balaban J connectivity index is 2.11. The van der Waals surface area contributed by atoms with Crippen LogP contribution in [0, 0.1) is 0 Å². The summed E-state index contributed by atoms with van der Waals surface area (Å²) in [5.41, 5.74) is 7.14. The van der Waals surface area contributed by atoms with Crippen molar-refractivity contribution < 1.29 is 4.42 Å². The van der Waals surface area contributed by atoms with E-state index in [0.717, 1.165) is 20.6 Å². The molecule has 6 heteroatoms. The first kappa shape index (κ1) is 14.3. The summed E-state index contributed by atoms with van der Waals surface area (Å²) in [5, 5.41) is 2.14. The van der Waals surface area contributed by atoms with Crippen molar-refractivity contribution in [1.82, 2.24) is 4.90 Å². The third kappa shape index (κ3) is 3.24. The van der Waals surface area contributed by atoms with Crippen molar-refractivity contribution in [1.29, 1.82) is 0 Å². The molecule has 2 N–H and O–H groups in total. The fourth-order valence-electron chi connectivity index (χ4n) is 1.86. The largest absolute Gasteiger partial charge is 0.466 e. The fraction of sp³-hybridized carbons (Fsp3) is 0.333. The number of nitrogens with zero attached hydrogens (tertiary/aromatic N) is 1. The van der Waals surface area contributed by atoms with Gasteiger partial charge in [0.05, 0.1) is 20.6 Å². The average molecular weight is 394 g/mol. The molecule has 18 heavy (non-hydrogen) atoms. The summed E-state index contributed by atoms with van der Waals surface area (Å²) in [4.78, 5) is 2.19. The molecule has 2 heterocycles. The number of halogens is 2. The zero-order valence-corrected chi connectivity index (χ0v) is 13.9. The van der Waals surface area contributed by atoms with Crippen LogP contribution in [0.2, 0.25) is 0 Å². The molecule has 2 aromatic heterocycles. The van der Waals surface area contributed by atoms with Crippen LogP contribution in [0.4, 0.5) is 0 Å². The summed E-state index contributed by atoms with van der Waals surface area (Å²) < 4.78 is 7.62. The molecule has 0 radical (unpaired) electrons. The average Bonchev–Trinajstić information content (AvgIpc) is 2.90. The summed E-state index contributed by atoms with van der Waals surface area (Å²) in [6.45, 7) is 1.37. The number of thiophene rings is 1. The molecule has 0 saturated carbocycles. The van der Waals surface area contributed by atoms with E-state index >= 15 is 0 Å². The lowest BCUT2D eigenvalue weighted by Gasteiger charge is -2.25. The molecule has 1 atom stereocenters. The summed E-state index contributed by atoms with van der Waals surface area (Å²) in [6, 6.07) is 4.10. The minimum Gasteiger partial charge on any atom is -0.466 e. The van der Waals surface area contributed by atoms with E-state index in [1.54, 1.807) is 17.6 Å². The van der Waals surface area contributed by atoms with Gasteiger partial charge in [-0.15, -0.1) is 11.3 Å². The van der Waals surface area contributed by atoms with Crippen molar-refractivity contribution in [2.75, 3.05) is 13.6 Å². The number of likely N-dealkylation sites (N-methyl/N-ethyl adjacent to an activating group) is 1. The van der Waals surface area contributed by atoms with Crippen molar-refractivity contribution in [3.8, 4) is 0 Å². The van der Waals surface area contributed by atoms with Crippen LogP contribution in [0.1, 0.15) is 17.4 Å². The van der Waals surface area contributed by atoms with Gasteiger partial charge in [0, 0.05) is 13.1 Å². The molecule has 0 fully saturated rings. The SMILES string of the molecule is CN(Cc1csc(Br)c1)C(CN)c1occc1Br. The second-order valence-electron chi connectivity index (χ2n) is 4.06. The van der Waals surface area contributed by atoms with Gasteiger partial charge in [-0.05, 0) is 62.0 Å². The Bertz CT molecular complexity index is 512. The number of hydrogen-bond donors (Lipinski definition) is 1. The highest BCUT2D eigenvalue weighted by Crippen LogP contribution is 2.29.